The Morgan fingerprint density at radius 2 is 2.15 bits per heavy atom. The Hall–Kier alpha value is -0.810. The second kappa shape index (κ2) is 6.68. The van der Waals surface area contributed by atoms with Gasteiger partial charge in [0.1, 0.15) is 0 Å². The van der Waals surface area contributed by atoms with Crippen LogP contribution in [0, 0.1) is 16.7 Å². The summed E-state index contributed by atoms with van der Waals surface area (Å²) in [4.78, 5) is 0. The second-order valence-electron chi connectivity index (χ2n) is 3.79. The Morgan fingerprint density at radius 3 is 2.69 bits per heavy atom. The molecule has 0 aromatic carbocycles. The molecule has 0 unspecified atom stereocenters. The van der Waals surface area contributed by atoms with E-state index >= 15 is 0 Å². The quantitative estimate of drug-likeness (QED) is 0.447. The number of hydrogen-bond acceptors (Lipinski definition) is 2. The molecule has 0 saturated carbocycles. The summed E-state index contributed by atoms with van der Waals surface area (Å²) in [6.07, 6.45) is 4.72. The van der Waals surface area contributed by atoms with Gasteiger partial charge in [-0.2, -0.15) is 5.26 Å². The van der Waals surface area contributed by atoms with Crippen LogP contribution in [0.25, 0.3) is 0 Å². The fourth-order valence-corrected chi connectivity index (χ4v) is 0.815. The van der Waals surface area contributed by atoms with Crippen LogP contribution < -0.4 is 0 Å². The Labute approximate surface area is 81.2 Å². The van der Waals surface area contributed by atoms with Gasteiger partial charge < -0.3 is 4.74 Å². The molecule has 0 heterocycles. The van der Waals surface area contributed by atoms with Gasteiger partial charge in [0.25, 0.3) is 0 Å². The molecule has 0 aliphatic carbocycles. The minimum absolute atomic E-state index is 0.252. The van der Waals surface area contributed by atoms with Crippen LogP contribution in [0.15, 0.2) is 12.7 Å². The van der Waals surface area contributed by atoms with E-state index in [1.165, 1.54) is 0 Å². The zero-order chi connectivity index (χ0) is 10.2. The number of nitrogens with zero attached hydrogens (tertiary/aromatic N) is 1. The molecular weight excluding hydrogens is 162 g/mol. The molecule has 0 aromatic rings. The van der Waals surface area contributed by atoms with Gasteiger partial charge in [-0.05, 0) is 33.1 Å². The zero-order valence-corrected chi connectivity index (χ0v) is 8.68. The van der Waals surface area contributed by atoms with Crippen LogP contribution in [0.2, 0.25) is 0 Å². The highest BCUT2D eigenvalue weighted by molar-refractivity contribution is 4.91. The summed E-state index contributed by atoms with van der Waals surface area (Å²) in [7, 11) is 0. The lowest BCUT2D eigenvalue weighted by atomic mass is 9.92. The molecule has 0 aliphatic heterocycles. The molecule has 74 valence electrons. The van der Waals surface area contributed by atoms with E-state index in [1.54, 1.807) is 0 Å². The van der Waals surface area contributed by atoms with Crippen LogP contribution in [0.1, 0.15) is 33.1 Å². The molecule has 0 N–H and O–H groups in total. The van der Waals surface area contributed by atoms with Crippen molar-refractivity contribution < 1.29 is 4.74 Å². The van der Waals surface area contributed by atoms with Crippen molar-refractivity contribution in [2.45, 2.75) is 33.1 Å². The van der Waals surface area contributed by atoms with Crippen LogP contribution in [0.4, 0.5) is 0 Å². The van der Waals surface area contributed by atoms with E-state index in [4.69, 9.17) is 10.00 Å². The summed E-state index contributed by atoms with van der Waals surface area (Å²) < 4.78 is 5.37. The molecule has 2 heteroatoms. The molecule has 0 bridgehead atoms. The Bertz CT molecular complexity index is 179. The Kier molecular flexibility index (Phi) is 6.26. The predicted molar refractivity (Wildman–Crippen MR) is 54.3 cm³/mol. The summed E-state index contributed by atoms with van der Waals surface area (Å²) in [5.74, 6) is 0. The average Bonchev–Trinajstić information content (AvgIpc) is 2.11. The first kappa shape index (κ1) is 12.2. The highest BCUT2D eigenvalue weighted by atomic mass is 16.5. The van der Waals surface area contributed by atoms with Crippen LogP contribution >= 0.6 is 0 Å². The fourth-order valence-electron chi connectivity index (χ4n) is 0.815. The molecule has 0 rings (SSSR count). The molecule has 0 atom stereocenters. The molecule has 0 aliphatic rings. The van der Waals surface area contributed by atoms with Crippen molar-refractivity contribution >= 4 is 0 Å². The van der Waals surface area contributed by atoms with Crippen molar-refractivity contribution in [1.82, 2.24) is 0 Å². The number of nitriles is 1. The normalized spacial score (nSPS) is 10.8. The highest BCUT2D eigenvalue weighted by Gasteiger charge is 2.15. The molecule has 0 spiro atoms. The van der Waals surface area contributed by atoms with E-state index in [0.29, 0.717) is 6.61 Å². The van der Waals surface area contributed by atoms with Crippen LogP contribution in [-0.2, 0) is 4.74 Å². The average molecular weight is 181 g/mol. The van der Waals surface area contributed by atoms with Gasteiger partial charge >= 0.3 is 0 Å². The number of hydrogen-bond donors (Lipinski definition) is 0. The van der Waals surface area contributed by atoms with Crippen LogP contribution in [0.3, 0.4) is 0 Å². The molecule has 0 fully saturated rings. The summed E-state index contributed by atoms with van der Waals surface area (Å²) in [5.41, 5.74) is -0.252. The van der Waals surface area contributed by atoms with Crippen molar-refractivity contribution in [3.8, 4) is 6.07 Å². The molecule has 0 aromatic heterocycles. The molecule has 2 nitrogen and oxygen atoms in total. The van der Waals surface area contributed by atoms with Crippen LogP contribution in [0.5, 0.6) is 0 Å². The maximum atomic E-state index is 8.72. The number of ether oxygens (including phenoxy) is 1. The Morgan fingerprint density at radius 1 is 1.46 bits per heavy atom. The lowest BCUT2D eigenvalue weighted by Gasteiger charge is -2.14. The van der Waals surface area contributed by atoms with Crippen molar-refractivity contribution in [2.75, 3.05) is 13.2 Å². The molecule has 0 radical (unpaired) electrons. The lowest BCUT2D eigenvalue weighted by molar-refractivity contribution is 0.113. The topological polar surface area (TPSA) is 33.0 Å². The minimum Gasteiger partial charge on any atom is -0.381 e. The van der Waals surface area contributed by atoms with Gasteiger partial charge in [-0.25, -0.2) is 0 Å². The standard InChI is InChI=1S/C11H19NO/c1-4-5-6-8-13-9-7-11(2,3)10-12/h4H,1,5-9H2,2-3H3. The first-order valence-electron chi connectivity index (χ1n) is 4.72. The van der Waals surface area contributed by atoms with Gasteiger partial charge in [0, 0.05) is 13.2 Å². The third kappa shape index (κ3) is 7.55. The van der Waals surface area contributed by atoms with E-state index < -0.39 is 0 Å². The van der Waals surface area contributed by atoms with E-state index in [0.717, 1.165) is 25.9 Å². The van der Waals surface area contributed by atoms with Crippen molar-refractivity contribution in [3.63, 3.8) is 0 Å². The van der Waals surface area contributed by atoms with Gasteiger partial charge in [-0.15, -0.1) is 6.58 Å². The van der Waals surface area contributed by atoms with Crippen LogP contribution in [-0.4, -0.2) is 13.2 Å². The Balaban J connectivity index is 3.27. The first-order chi connectivity index (χ1) is 6.12. The highest BCUT2D eigenvalue weighted by Crippen LogP contribution is 2.17. The summed E-state index contributed by atoms with van der Waals surface area (Å²) in [5, 5.41) is 8.72. The SMILES string of the molecule is C=CCCCOCCC(C)(C)C#N. The van der Waals surface area contributed by atoms with Gasteiger partial charge in [-0.1, -0.05) is 6.08 Å². The first-order valence-corrected chi connectivity index (χ1v) is 4.72. The van der Waals surface area contributed by atoms with Gasteiger partial charge in [-0.3, -0.25) is 0 Å². The van der Waals surface area contributed by atoms with Crippen molar-refractivity contribution in [1.29, 1.82) is 5.26 Å². The van der Waals surface area contributed by atoms with Crippen molar-refractivity contribution in [2.24, 2.45) is 5.41 Å². The van der Waals surface area contributed by atoms with E-state index in [9.17, 15) is 0 Å². The number of unbranched alkanes of at least 4 members (excludes halogenated alkanes) is 1. The minimum atomic E-state index is -0.252. The third-order valence-electron chi connectivity index (χ3n) is 1.87. The lowest BCUT2D eigenvalue weighted by Crippen LogP contribution is -2.12. The smallest absolute Gasteiger partial charge is 0.0684 e. The predicted octanol–water partition coefficient (Wildman–Crippen LogP) is 2.91. The van der Waals surface area contributed by atoms with Gasteiger partial charge in [0.2, 0.25) is 0 Å². The number of rotatable bonds is 7. The monoisotopic (exact) mass is 181 g/mol. The maximum Gasteiger partial charge on any atom is 0.0684 e. The largest absolute Gasteiger partial charge is 0.381 e. The molecule has 0 amide bonds. The molecule has 13 heavy (non-hydrogen) atoms. The van der Waals surface area contributed by atoms with E-state index in [-0.39, 0.29) is 5.41 Å². The fraction of sp³-hybridized carbons (Fsp3) is 0.727. The molecule has 0 saturated heterocycles. The van der Waals surface area contributed by atoms with E-state index in [1.807, 2.05) is 19.9 Å². The summed E-state index contributed by atoms with van der Waals surface area (Å²) >= 11 is 0. The maximum absolute atomic E-state index is 8.72. The van der Waals surface area contributed by atoms with E-state index in [2.05, 4.69) is 12.6 Å². The van der Waals surface area contributed by atoms with Crippen molar-refractivity contribution in [3.05, 3.63) is 12.7 Å². The zero-order valence-electron chi connectivity index (χ0n) is 8.68. The summed E-state index contributed by atoms with van der Waals surface area (Å²) in [6.45, 7) is 8.94. The van der Waals surface area contributed by atoms with Gasteiger partial charge in [0.05, 0.1) is 11.5 Å². The number of allylic oxidation sites excluding steroid dienone is 1. The van der Waals surface area contributed by atoms with Gasteiger partial charge in [0.15, 0.2) is 0 Å². The second-order valence-corrected chi connectivity index (χ2v) is 3.79. The summed E-state index contributed by atoms with van der Waals surface area (Å²) in [6, 6.07) is 2.25. The third-order valence-corrected chi connectivity index (χ3v) is 1.87. The molecular formula is C11H19NO.